The second-order valence-corrected chi connectivity index (χ2v) is 4.98. The SMILES string of the molecule is C[C@H]1CN(c2cc(NC3CC3)ncn2)CCN1. The van der Waals surface area contributed by atoms with Gasteiger partial charge in [-0.1, -0.05) is 0 Å². The summed E-state index contributed by atoms with van der Waals surface area (Å²) in [6.07, 6.45) is 4.20. The van der Waals surface area contributed by atoms with Gasteiger partial charge in [0, 0.05) is 37.8 Å². The molecule has 1 aromatic rings. The van der Waals surface area contributed by atoms with Crippen LogP contribution < -0.4 is 15.5 Å². The summed E-state index contributed by atoms with van der Waals surface area (Å²) in [4.78, 5) is 11.0. The predicted octanol–water partition coefficient (Wildman–Crippen LogP) is 0.849. The van der Waals surface area contributed by atoms with Crippen LogP contribution in [0.2, 0.25) is 0 Å². The van der Waals surface area contributed by atoms with Gasteiger partial charge < -0.3 is 15.5 Å². The Balaban J connectivity index is 1.72. The van der Waals surface area contributed by atoms with Crippen LogP contribution in [0.25, 0.3) is 0 Å². The normalized spacial score (nSPS) is 24.8. The lowest BCUT2D eigenvalue weighted by Gasteiger charge is -2.32. The van der Waals surface area contributed by atoms with Crippen LogP contribution in [0.5, 0.6) is 0 Å². The van der Waals surface area contributed by atoms with Gasteiger partial charge in [-0.05, 0) is 19.8 Å². The lowest BCUT2D eigenvalue weighted by Crippen LogP contribution is -2.49. The quantitative estimate of drug-likeness (QED) is 0.810. The molecule has 0 spiro atoms. The maximum atomic E-state index is 4.37. The zero-order valence-electron chi connectivity index (χ0n) is 10.2. The number of nitrogens with zero attached hydrogens (tertiary/aromatic N) is 3. The van der Waals surface area contributed by atoms with E-state index in [2.05, 4.69) is 38.5 Å². The molecule has 5 heteroatoms. The van der Waals surface area contributed by atoms with E-state index in [0.717, 1.165) is 31.3 Å². The highest BCUT2D eigenvalue weighted by Crippen LogP contribution is 2.25. The highest BCUT2D eigenvalue weighted by Gasteiger charge is 2.22. The summed E-state index contributed by atoms with van der Waals surface area (Å²) in [6.45, 7) is 5.26. The fourth-order valence-corrected chi connectivity index (χ4v) is 2.18. The highest BCUT2D eigenvalue weighted by molar-refractivity contribution is 5.49. The molecular formula is C12H19N5. The predicted molar refractivity (Wildman–Crippen MR) is 68.4 cm³/mol. The molecule has 2 heterocycles. The standard InChI is InChI=1S/C12H19N5/c1-9-7-17(5-4-13-9)12-6-11(14-8-15-12)16-10-2-3-10/h6,8-10,13H,2-5,7H2,1H3,(H,14,15,16)/t9-/m0/s1. The Morgan fingerprint density at radius 3 is 3.06 bits per heavy atom. The Labute approximate surface area is 102 Å². The smallest absolute Gasteiger partial charge is 0.134 e. The number of anilines is 2. The molecule has 2 N–H and O–H groups in total. The molecule has 5 nitrogen and oxygen atoms in total. The molecule has 0 unspecified atom stereocenters. The van der Waals surface area contributed by atoms with Crippen molar-refractivity contribution in [3.8, 4) is 0 Å². The first-order valence-electron chi connectivity index (χ1n) is 6.38. The summed E-state index contributed by atoms with van der Waals surface area (Å²) in [5.41, 5.74) is 0. The average molecular weight is 233 g/mol. The van der Waals surface area contributed by atoms with Crippen molar-refractivity contribution in [3.05, 3.63) is 12.4 Å². The van der Waals surface area contributed by atoms with Crippen molar-refractivity contribution in [2.24, 2.45) is 0 Å². The van der Waals surface area contributed by atoms with E-state index >= 15 is 0 Å². The highest BCUT2D eigenvalue weighted by atomic mass is 15.2. The van der Waals surface area contributed by atoms with E-state index in [1.165, 1.54) is 12.8 Å². The molecule has 3 rings (SSSR count). The molecule has 0 amide bonds. The first-order valence-corrected chi connectivity index (χ1v) is 6.38. The summed E-state index contributed by atoms with van der Waals surface area (Å²) < 4.78 is 0. The van der Waals surface area contributed by atoms with Crippen LogP contribution in [0.4, 0.5) is 11.6 Å². The van der Waals surface area contributed by atoms with E-state index < -0.39 is 0 Å². The first kappa shape index (κ1) is 10.8. The molecule has 92 valence electrons. The van der Waals surface area contributed by atoms with Gasteiger partial charge in [-0.3, -0.25) is 0 Å². The molecule has 0 aromatic carbocycles. The third-order valence-electron chi connectivity index (χ3n) is 3.27. The van der Waals surface area contributed by atoms with Crippen molar-refractivity contribution in [3.63, 3.8) is 0 Å². The van der Waals surface area contributed by atoms with Crippen molar-refractivity contribution < 1.29 is 0 Å². The van der Waals surface area contributed by atoms with Crippen LogP contribution in [-0.2, 0) is 0 Å². The Hall–Kier alpha value is -1.36. The van der Waals surface area contributed by atoms with E-state index in [1.54, 1.807) is 6.33 Å². The molecule has 0 radical (unpaired) electrons. The summed E-state index contributed by atoms with van der Waals surface area (Å²) in [6, 6.07) is 3.23. The van der Waals surface area contributed by atoms with Gasteiger partial charge >= 0.3 is 0 Å². The van der Waals surface area contributed by atoms with Gasteiger partial charge in [-0.25, -0.2) is 9.97 Å². The lowest BCUT2D eigenvalue weighted by atomic mass is 10.2. The number of aromatic nitrogens is 2. The van der Waals surface area contributed by atoms with Gasteiger partial charge in [-0.15, -0.1) is 0 Å². The monoisotopic (exact) mass is 233 g/mol. The fraction of sp³-hybridized carbons (Fsp3) is 0.667. The van der Waals surface area contributed by atoms with E-state index in [0.29, 0.717) is 12.1 Å². The number of nitrogens with one attached hydrogen (secondary N) is 2. The second-order valence-electron chi connectivity index (χ2n) is 4.98. The van der Waals surface area contributed by atoms with Crippen molar-refractivity contribution in [1.29, 1.82) is 0 Å². The molecule has 1 atom stereocenters. The van der Waals surface area contributed by atoms with Gasteiger partial charge in [0.05, 0.1) is 0 Å². The zero-order valence-corrected chi connectivity index (χ0v) is 10.2. The van der Waals surface area contributed by atoms with Crippen molar-refractivity contribution in [2.45, 2.75) is 31.8 Å². The minimum Gasteiger partial charge on any atom is -0.367 e. The largest absolute Gasteiger partial charge is 0.367 e. The summed E-state index contributed by atoms with van der Waals surface area (Å²) in [5, 5.41) is 6.85. The number of hydrogen-bond donors (Lipinski definition) is 2. The molecule has 1 saturated heterocycles. The van der Waals surface area contributed by atoms with Crippen molar-refractivity contribution >= 4 is 11.6 Å². The van der Waals surface area contributed by atoms with Crippen LogP contribution in [0.15, 0.2) is 12.4 Å². The third kappa shape index (κ3) is 2.66. The molecule has 2 fully saturated rings. The Morgan fingerprint density at radius 2 is 2.29 bits per heavy atom. The van der Waals surface area contributed by atoms with Gasteiger partial charge in [0.25, 0.3) is 0 Å². The Kier molecular flexibility index (Phi) is 2.84. The molecule has 17 heavy (non-hydrogen) atoms. The maximum Gasteiger partial charge on any atom is 0.134 e. The Bertz CT molecular complexity index is 390. The number of rotatable bonds is 3. The zero-order chi connectivity index (χ0) is 11.7. The molecular weight excluding hydrogens is 214 g/mol. The lowest BCUT2D eigenvalue weighted by molar-refractivity contribution is 0.482. The van der Waals surface area contributed by atoms with Crippen LogP contribution >= 0.6 is 0 Å². The minimum atomic E-state index is 0.526. The molecule has 1 aliphatic heterocycles. The molecule has 1 saturated carbocycles. The van der Waals surface area contributed by atoms with Gasteiger partial charge in [0.2, 0.25) is 0 Å². The fourth-order valence-electron chi connectivity index (χ4n) is 2.18. The molecule has 1 aromatic heterocycles. The second kappa shape index (κ2) is 4.49. The number of piperazine rings is 1. The van der Waals surface area contributed by atoms with Crippen LogP contribution in [0.3, 0.4) is 0 Å². The number of hydrogen-bond acceptors (Lipinski definition) is 5. The topological polar surface area (TPSA) is 53.1 Å². The van der Waals surface area contributed by atoms with Crippen LogP contribution in [0.1, 0.15) is 19.8 Å². The summed E-state index contributed by atoms with van der Waals surface area (Å²) in [5.74, 6) is 2.00. The van der Waals surface area contributed by atoms with Crippen LogP contribution in [-0.4, -0.2) is 41.7 Å². The maximum absolute atomic E-state index is 4.37. The first-order chi connectivity index (χ1) is 8.31. The summed E-state index contributed by atoms with van der Waals surface area (Å²) >= 11 is 0. The van der Waals surface area contributed by atoms with Gasteiger partial charge in [0.1, 0.15) is 18.0 Å². The minimum absolute atomic E-state index is 0.526. The van der Waals surface area contributed by atoms with Crippen molar-refractivity contribution in [1.82, 2.24) is 15.3 Å². The van der Waals surface area contributed by atoms with Gasteiger partial charge in [-0.2, -0.15) is 0 Å². The average Bonchev–Trinajstić information content (AvgIpc) is 3.13. The molecule has 1 aliphatic carbocycles. The molecule has 0 bridgehead atoms. The summed E-state index contributed by atoms with van der Waals surface area (Å²) in [7, 11) is 0. The van der Waals surface area contributed by atoms with E-state index in [9.17, 15) is 0 Å². The third-order valence-corrected chi connectivity index (χ3v) is 3.27. The van der Waals surface area contributed by atoms with E-state index in [4.69, 9.17) is 0 Å². The van der Waals surface area contributed by atoms with Gasteiger partial charge in [0.15, 0.2) is 0 Å². The van der Waals surface area contributed by atoms with E-state index in [1.807, 2.05) is 0 Å². The Morgan fingerprint density at radius 1 is 1.41 bits per heavy atom. The van der Waals surface area contributed by atoms with Crippen molar-refractivity contribution in [2.75, 3.05) is 29.9 Å². The molecule has 2 aliphatic rings. The van der Waals surface area contributed by atoms with Crippen LogP contribution in [0, 0.1) is 0 Å². The van der Waals surface area contributed by atoms with E-state index in [-0.39, 0.29) is 0 Å².